The highest BCUT2D eigenvalue weighted by Gasteiger charge is 2.33. The van der Waals surface area contributed by atoms with Crippen molar-refractivity contribution in [2.75, 3.05) is 32.7 Å². The first-order chi connectivity index (χ1) is 17.2. The number of nitrogens with one attached hydrogen (secondary N) is 1. The zero-order chi connectivity index (χ0) is 25.9. The lowest BCUT2D eigenvalue weighted by Gasteiger charge is -2.34. The minimum absolute atomic E-state index is 0.0573. The zero-order valence-electron chi connectivity index (χ0n) is 21.8. The van der Waals surface area contributed by atoms with E-state index in [4.69, 9.17) is 16.3 Å². The van der Waals surface area contributed by atoms with Gasteiger partial charge in [0.2, 0.25) is 0 Å². The summed E-state index contributed by atoms with van der Waals surface area (Å²) in [6.07, 6.45) is 5.05. The van der Waals surface area contributed by atoms with Gasteiger partial charge in [0.15, 0.2) is 0 Å². The predicted molar refractivity (Wildman–Crippen MR) is 141 cm³/mol. The number of ether oxygens (including phenoxy) is 1. The maximum Gasteiger partial charge on any atom is 0.410 e. The third-order valence-corrected chi connectivity index (χ3v) is 7.39. The van der Waals surface area contributed by atoms with Crippen molar-refractivity contribution in [3.63, 3.8) is 0 Å². The lowest BCUT2D eigenvalue weighted by molar-refractivity contribution is 0.0203. The summed E-state index contributed by atoms with van der Waals surface area (Å²) in [6.45, 7) is 11.6. The van der Waals surface area contributed by atoms with Crippen LogP contribution in [-0.4, -0.2) is 75.9 Å². The molecule has 3 heterocycles. The fraction of sp³-hybridized carbons (Fsp3) is 0.593. The summed E-state index contributed by atoms with van der Waals surface area (Å²) in [6, 6.07) is 7.90. The van der Waals surface area contributed by atoms with Crippen LogP contribution < -0.4 is 5.32 Å². The van der Waals surface area contributed by atoms with Crippen molar-refractivity contribution in [1.29, 1.82) is 0 Å². The molecule has 1 atom stereocenters. The number of piperidine rings is 1. The number of nitrogens with zero attached hydrogens (tertiary/aromatic N) is 4. The summed E-state index contributed by atoms with van der Waals surface area (Å²) in [5, 5.41) is 8.35. The number of likely N-dealkylation sites (N-methyl/N-ethyl adjacent to an activating group) is 1. The Morgan fingerprint density at radius 2 is 1.86 bits per heavy atom. The summed E-state index contributed by atoms with van der Waals surface area (Å²) in [4.78, 5) is 30.2. The van der Waals surface area contributed by atoms with Crippen LogP contribution in [0.2, 0.25) is 5.02 Å². The van der Waals surface area contributed by atoms with Crippen molar-refractivity contribution in [1.82, 2.24) is 24.9 Å². The maximum atomic E-state index is 13.4. The lowest BCUT2D eigenvalue weighted by atomic mass is 9.90. The topological polar surface area (TPSA) is 79.7 Å². The van der Waals surface area contributed by atoms with Crippen LogP contribution in [0.25, 0.3) is 5.69 Å². The molecule has 2 saturated heterocycles. The summed E-state index contributed by atoms with van der Waals surface area (Å²) >= 11 is 6.53. The van der Waals surface area contributed by atoms with Gasteiger partial charge in [-0.1, -0.05) is 30.7 Å². The van der Waals surface area contributed by atoms with Gasteiger partial charge in [0.05, 0.1) is 28.2 Å². The quantitative estimate of drug-likeness (QED) is 0.594. The molecule has 4 rings (SSSR count). The van der Waals surface area contributed by atoms with Crippen molar-refractivity contribution in [3.05, 3.63) is 46.7 Å². The van der Waals surface area contributed by atoms with Crippen molar-refractivity contribution in [2.24, 2.45) is 0 Å². The molecule has 2 aromatic rings. The average Bonchev–Trinajstić information content (AvgIpc) is 3.49. The van der Waals surface area contributed by atoms with Crippen LogP contribution >= 0.6 is 11.6 Å². The standard InChI is InChI=1S/C27H38ClN5O3/c1-5-31-14-8-9-20(31)17-29-25(34)21-18-30-33(23-11-7-6-10-22(23)28)24(21)19-12-15-32(16-13-19)26(35)36-27(2,3)4/h6-7,10-11,18-20H,5,8-9,12-17H2,1-4H3,(H,29,34). The van der Waals surface area contributed by atoms with Gasteiger partial charge in [0, 0.05) is 31.6 Å². The Labute approximate surface area is 218 Å². The number of likely N-dealkylation sites (tertiary alicyclic amines) is 2. The van der Waals surface area contributed by atoms with E-state index < -0.39 is 5.60 Å². The van der Waals surface area contributed by atoms with Crippen LogP contribution in [0.1, 0.15) is 75.3 Å². The number of rotatable bonds is 6. The van der Waals surface area contributed by atoms with Gasteiger partial charge in [-0.25, -0.2) is 9.48 Å². The summed E-state index contributed by atoms with van der Waals surface area (Å²) in [5.74, 6) is -0.0531. The minimum Gasteiger partial charge on any atom is -0.444 e. The smallest absolute Gasteiger partial charge is 0.410 e. The van der Waals surface area contributed by atoms with Gasteiger partial charge in [0.25, 0.3) is 5.91 Å². The Morgan fingerprint density at radius 1 is 1.14 bits per heavy atom. The zero-order valence-corrected chi connectivity index (χ0v) is 22.6. The second-order valence-corrected chi connectivity index (χ2v) is 11.1. The lowest BCUT2D eigenvalue weighted by Crippen LogP contribution is -2.42. The number of amides is 2. The van der Waals surface area contributed by atoms with Crippen LogP contribution in [0.5, 0.6) is 0 Å². The summed E-state index contributed by atoms with van der Waals surface area (Å²) in [7, 11) is 0. The summed E-state index contributed by atoms with van der Waals surface area (Å²) in [5.41, 5.74) is 1.64. The maximum absolute atomic E-state index is 13.4. The van der Waals surface area contributed by atoms with Crippen molar-refractivity contribution in [2.45, 2.75) is 70.9 Å². The van der Waals surface area contributed by atoms with Gasteiger partial charge in [-0.05, 0) is 71.7 Å². The number of benzene rings is 1. The van der Waals surface area contributed by atoms with Crippen molar-refractivity contribution in [3.8, 4) is 5.69 Å². The Balaban J connectivity index is 1.55. The predicted octanol–water partition coefficient (Wildman–Crippen LogP) is 4.85. The van der Waals surface area contributed by atoms with E-state index in [1.807, 2.05) is 45.0 Å². The first kappa shape index (κ1) is 26.5. The number of halogens is 1. The molecule has 8 nitrogen and oxygen atoms in total. The molecule has 0 aliphatic carbocycles. The molecule has 36 heavy (non-hydrogen) atoms. The monoisotopic (exact) mass is 515 g/mol. The molecule has 0 radical (unpaired) electrons. The Morgan fingerprint density at radius 3 is 2.53 bits per heavy atom. The van der Waals surface area contributed by atoms with E-state index in [1.54, 1.807) is 15.8 Å². The normalized spacial score (nSPS) is 19.5. The molecule has 2 fully saturated rings. The Bertz CT molecular complexity index is 1070. The van der Waals surface area contributed by atoms with E-state index >= 15 is 0 Å². The van der Waals surface area contributed by atoms with Crippen LogP contribution in [0.3, 0.4) is 0 Å². The van der Waals surface area contributed by atoms with Crippen molar-refractivity contribution >= 4 is 23.6 Å². The van der Waals surface area contributed by atoms with E-state index in [1.165, 1.54) is 6.42 Å². The molecule has 1 N–H and O–H groups in total. The average molecular weight is 516 g/mol. The van der Waals surface area contributed by atoms with E-state index in [-0.39, 0.29) is 17.9 Å². The second kappa shape index (κ2) is 11.2. The van der Waals surface area contributed by atoms with Gasteiger partial charge in [-0.3, -0.25) is 9.69 Å². The fourth-order valence-electron chi connectivity index (χ4n) is 5.25. The number of carbonyl (C=O) groups is 2. The molecule has 2 amide bonds. The Kier molecular flexibility index (Phi) is 8.25. The molecular weight excluding hydrogens is 478 g/mol. The highest BCUT2D eigenvalue weighted by Crippen LogP contribution is 2.34. The molecule has 9 heteroatoms. The van der Waals surface area contributed by atoms with Gasteiger partial charge in [0.1, 0.15) is 5.60 Å². The minimum atomic E-state index is -0.533. The third-order valence-electron chi connectivity index (χ3n) is 7.07. The van der Waals surface area contributed by atoms with Gasteiger partial charge >= 0.3 is 6.09 Å². The first-order valence-corrected chi connectivity index (χ1v) is 13.4. The molecule has 0 saturated carbocycles. The van der Waals surface area contributed by atoms with Crippen LogP contribution in [0, 0.1) is 0 Å². The van der Waals surface area contributed by atoms with E-state index in [2.05, 4.69) is 22.2 Å². The molecule has 196 valence electrons. The molecule has 2 aliphatic heterocycles. The summed E-state index contributed by atoms with van der Waals surface area (Å²) < 4.78 is 7.36. The molecule has 1 aromatic carbocycles. The molecule has 1 unspecified atom stereocenters. The van der Waals surface area contributed by atoms with E-state index in [0.29, 0.717) is 49.1 Å². The highest BCUT2D eigenvalue weighted by atomic mass is 35.5. The second-order valence-electron chi connectivity index (χ2n) is 10.7. The first-order valence-electron chi connectivity index (χ1n) is 13.0. The number of hydrogen-bond acceptors (Lipinski definition) is 5. The number of aromatic nitrogens is 2. The van der Waals surface area contributed by atoms with Gasteiger partial charge in [-0.2, -0.15) is 5.10 Å². The van der Waals surface area contributed by atoms with Crippen LogP contribution in [0.4, 0.5) is 4.79 Å². The van der Waals surface area contributed by atoms with Crippen LogP contribution in [0.15, 0.2) is 30.5 Å². The van der Waals surface area contributed by atoms with Gasteiger partial charge in [-0.15, -0.1) is 0 Å². The van der Waals surface area contributed by atoms with Crippen molar-refractivity contribution < 1.29 is 14.3 Å². The highest BCUT2D eigenvalue weighted by molar-refractivity contribution is 6.32. The van der Waals surface area contributed by atoms with Crippen LogP contribution in [-0.2, 0) is 4.74 Å². The van der Waals surface area contributed by atoms with Gasteiger partial charge < -0.3 is 15.0 Å². The fourth-order valence-corrected chi connectivity index (χ4v) is 5.47. The number of carbonyl (C=O) groups excluding carboxylic acids is 2. The molecule has 2 aliphatic rings. The molecule has 0 spiro atoms. The SMILES string of the molecule is CCN1CCCC1CNC(=O)c1cnn(-c2ccccc2Cl)c1C1CCN(C(=O)OC(C)(C)C)CC1. The van der Waals surface area contributed by atoms with E-state index in [9.17, 15) is 9.59 Å². The molecule has 0 bridgehead atoms. The third kappa shape index (κ3) is 6.03. The Hall–Kier alpha value is -2.58. The van der Waals surface area contributed by atoms with E-state index in [0.717, 1.165) is 30.9 Å². The molecular formula is C27H38ClN5O3. The number of para-hydroxylation sites is 1. The molecule has 1 aromatic heterocycles. The number of hydrogen-bond donors (Lipinski definition) is 1. The largest absolute Gasteiger partial charge is 0.444 e.